The summed E-state index contributed by atoms with van der Waals surface area (Å²) in [5, 5.41) is 17.2. The van der Waals surface area contributed by atoms with E-state index in [1.165, 1.54) is 0 Å². The minimum absolute atomic E-state index is 0.0441. The molecule has 3 unspecified atom stereocenters. The van der Waals surface area contributed by atoms with E-state index in [4.69, 9.17) is 0 Å². The number of hydrogen-bond donors (Lipinski definition) is 3. The predicted octanol–water partition coefficient (Wildman–Crippen LogP) is 2.37. The highest BCUT2D eigenvalue weighted by molar-refractivity contribution is 9.09. The fourth-order valence-corrected chi connectivity index (χ4v) is 9.47. The van der Waals surface area contributed by atoms with Crippen molar-refractivity contribution >= 4 is 61.9 Å². The monoisotopic (exact) mass is 531 g/mol. The number of aliphatic hydroxyl groups is 1. The maximum absolute atomic E-state index is 13.8. The van der Waals surface area contributed by atoms with Crippen LogP contribution >= 0.6 is 27.7 Å². The Kier molecular flexibility index (Phi) is 5.91. The molecule has 3 amide bonds. The van der Waals surface area contributed by atoms with Crippen molar-refractivity contribution in [2.24, 2.45) is 11.8 Å². The number of anilines is 1. The molecule has 6 atom stereocenters. The molecule has 5 rings (SSSR count). The van der Waals surface area contributed by atoms with Crippen LogP contribution in [0, 0.1) is 11.8 Å². The number of rotatable bonds is 6. The van der Waals surface area contributed by atoms with Crippen LogP contribution in [0.5, 0.6) is 0 Å². The van der Waals surface area contributed by atoms with Crippen LogP contribution < -0.4 is 10.6 Å². The van der Waals surface area contributed by atoms with E-state index in [0.717, 1.165) is 10.8 Å². The van der Waals surface area contributed by atoms with Gasteiger partial charge in [0.1, 0.15) is 6.04 Å². The quantitative estimate of drug-likeness (QED) is 0.497. The van der Waals surface area contributed by atoms with Crippen LogP contribution in [0.25, 0.3) is 10.8 Å². The Bertz CT molecular complexity index is 1130. The number of carbonyl (C=O) groups is 3. The molecule has 2 aromatic carbocycles. The summed E-state index contributed by atoms with van der Waals surface area (Å²) in [7, 11) is 1.59. The highest BCUT2D eigenvalue weighted by atomic mass is 79.9. The summed E-state index contributed by atoms with van der Waals surface area (Å²) in [4.78, 5) is 41.8. The lowest BCUT2D eigenvalue weighted by molar-refractivity contribution is -0.139. The Labute approximate surface area is 204 Å². The zero-order valence-corrected chi connectivity index (χ0v) is 20.6. The Morgan fingerprint density at radius 3 is 2.70 bits per heavy atom. The van der Waals surface area contributed by atoms with Crippen molar-refractivity contribution < 1.29 is 19.5 Å². The summed E-state index contributed by atoms with van der Waals surface area (Å²) in [6, 6.07) is 13.0. The van der Waals surface area contributed by atoms with E-state index in [1.54, 1.807) is 23.7 Å². The molecule has 1 spiro atoms. The Hall–Kier alpha value is -2.10. The summed E-state index contributed by atoms with van der Waals surface area (Å²) >= 11 is 5.33. The van der Waals surface area contributed by atoms with Crippen molar-refractivity contribution in [1.82, 2.24) is 10.2 Å². The van der Waals surface area contributed by atoms with Crippen LogP contribution in [-0.2, 0) is 14.4 Å². The van der Waals surface area contributed by atoms with E-state index in [0.29, 0.717) is 18.5 Å². The van der Waals surface area contributed by atoms with Crippen LogP contribution in [0.15, 0.2) is 42.5 Å². The van der Waals surface area contributed by atoms with Gasteiger partial charge in [0.25, 0.3) is 0 Å². The minimum Gasteiger partial charge on any atom is -0.396 e. The second kappa shape index (κ2) is 8.60. The third-order valence-electron chi connectivity index (χ3n) is 7.16. The van der Waals surface area contributed by atoms with Gasteiger partial charge in [-0.05, 0) is 35.7 Å². The van der Waals surface area contributed by atoms with Crippen molar-refractivity contribution in [3.63, 3.8) is 0 Å². The first-order chi connectivity index (χ1) is 15.9. The van der Waals surface area contributed by atoms with E-state index >= 15 is 0 Å². The van der Waals surface area contributed by atoms with Crippen molar-refractivity contribution in [2.75, 3.05) is 25.5 Å². The van der Waals surface area contributed by atoms with Crippen LogP contribution in [0.2, 0.25) is 0 Å². The van der Waals surface area contributed by atoms with E-state index in [1.807, 2.05) is 42.5 Å². The lowest BCUT2D eigenvalue weighted by Crippen LogP contribution is -2.53. The lowest BCUT2D eigenvalue weighted by Gasteiger charge is -2.35. The second-order valence-corrected chi connectivity index (χ2v) is 11.7. The molecule has 9 heteroatoms. The summed E-state index contributed by atoms with van der Waals surface area (Å²) in [6.07, 6.45) is 1.02. The fourth-order valence-electron chi connectivity index (χ4n) is 5.86. The molecule has 0 aromatic heterocycles. The number of amides is 3. The third-order valence-corrected chi connectivity index (χ3v) is 10.4. The molecular weight excluding hydrogens is 506 g/mol. The highest BCUT2D eigenvalue weighted by Crippen LogP contribution is 2.67. The van der Waals surface area contributed by atoms with Crippen molar-refractivity contribution in [3.05, 3.63) is 42.5 Å². The summed E-state index contributed by atoms with van der Waals surface area (Å²) < 4.78 is -0.677. The van der Waals surface area contributed by atoms with E-state index in [2.05, 4.69) is 26.6 Å². The van der Waals surface area contributed by atoms with Crippen molar-refractivity contribution in [3.8, 4) is 0 Å². The fraction of sp³-hybridized carbons (Fsp3) is 0.458. The summed E-state index contributed by atoms with van der Waals surface area (Å²) in [5.74, 6) is -1.60. The number of likely N-dealkylation sites (tertiary alicyclic amines) is 1. The first-order valence-electron chi connectivity index (χ1n) is 11.2. The smallest absolute Gasteiger partial charge is 0.248 e. The first kappa shape index (κ1) is 22.7. The van der Waals surface area contributed by atoms with Crippen molar-refractivity contribution in [2.45, 2.75) is 33.7 Å². The van der Waals surface area contributed by atoms with Gasteiger partial charge in [0.15, 0.2) is 0 Å². The number of benzene rings is 2. The van der Waals surface area contributed by atoms with Gasteiger partial charge in [-0.2, -0.15) is 0 Å². The van der Waals surface area contributed by atoms with Crippen molar-refractivity contribution in [1.29, 1.82) is 0 Å². The molecule has 3 heterocycles. The number of aliphatic hydroxyl groups excluding tert-OH is 1. The average Bonchev–Trinajstić information content (AvgIpc) is 3.40. The van der Waals surface area contributed by atoms with Crippen LogP contribution in [0.1, 0.15) is 12.8 Å². The lowest BCUT2D eigenvalue weighted by atomic mass is 9.70. The predicted molar refractivity (Wildman–Crippen MR) is 132 cm³/mol. The van der Waals surface area contributed by atoms with Crippen LogP contribution in [-0.4, -0.2) is 68.8 Å². The first-order valence-corrected chi connectivity index (χ1v) is 13.0. The van der Waals surface area contributed by atoms with E-state index in [9.17, 15) is 19.5 Å². The van der Waals surface area contributed by atoms with Gasteiger partial charge in [0.05, 0.1) is 16.6 Å². The van der Waals surface area contributed by atoms with Gasteiger partial charge in [0, 0.05) is 36.0 Å². The van der Waals surface area contributed by atoms with Gasteiger partial charge in [0.2, 0.25) is 17.7 Å². The molecule has 0 radical (unpaired) electrons. The molecule has 3 saturated heterocycles. The number of alkyl halides is 1. The summed E-state index contributed by atoms with van der Waals surface area (Å²) in [6.45, 7) is 0.207. The van der Waals surface area contributed by atoms with Gasteiger partial charge in [-0.15, -0.1) is 11.8 Å². The number of halogens is 1. The number of thioether (sulfide) groups is 1. The standard InChI is InChI=1S/C24H26BrN3O4S/c1-26-21(30)17-18-23(32)28(9-4-10-29)20(24(18)12-16(25)19(17)33-24)22(31)27-15-8-7-13-5-2-3-6-14(13)11-15/h2-3,5-8,11,16-20,29H,4,9-10,12H2,1H3,(H,26,30)(H,27,31)/t16?,17-,18-,19-,20?,24?/m0/s1. The Balaban J connectivity index is 1.51. The molecule has 3 N–H and O–H groups in total. The molecule has 33 heavy (non-hydrogen) atoms. The summed E-state index contributed by atoms with van der Waals surface area (Å²) in [5.41, 5.74) is 0.670. The highest BCUT2D eigenvalue weighted by Gasteiger charge is 2.75. The topological polar surface area (TPSA) is 98.7 Å². The molecule has 3 aliphatic heterocycles. The number of hydrogen-bond acceptors (Lipinski definition) is 5. The molecule has 0 saturated carbocycles. The molecule has 174 valence electrons. The molecule has 2 aromatic rings. The number of carbonyl (C=O) groups excluding carboxylic acids is 3. The largest absolute Gasteiger partial charge is 0.396 e. The van der Waals surface area contributed by atoms with Gasteiger partial charge < -0.3 is 20.6 Å². The zero-order valence-electron chi connectivity index (χ0n) is 18.2. The maximum Gasteiger partial charge on any atom is 0.248 e. The SMILES string of the molecule is CNC(=O)[C@H]1[C@H]2C(=O)N(CCCO)C(C(=O)Nc3ccc4ccccc4c3)C23CC(Br)[C@@H]1S3. The van der Waals surface area contributed by atoms with Gasteiger partial charge in [-0.1, -0.05) is 46.3 Å². The van der Waals surface area contributed by atoms with Gasteiger partial charge >= 0.3 is 0 Å². The van der Waals surface area contributed by atoms with Gasteiger partial charge in [-0.25, -0.2) is 0 Å². The van der Waals surface area contributed by atoms with Crippen LogP contribution in [0.4, 0.5) is 5.69 Å². The molecule has 0 aliphatic carbocycles. The molecule has 2 bridgehead atoms. The average molecular weight is 532 g/mol. The third kappa shape index (κ3) is 3.47. The number of nitrogens with one attached hydrogen (secondary N) is 2. The maximum atomic E-state index is 13.8. The van der Waals surface area contributed by atoms with E-state index < -0.39 is 22.6 Å². The number of fused-ring (bicyclic) bond motifs is 2. The Morgan fingerprint density at radius 2 is 1.97 bits per heavy atom. The second-order valence-electron chi connectivity index (χ2n) is 8.94. The molecule has 7 nitrogen and oxygen atoms in total. The normalized spacial score (nSPS) is 32.3. The van der Waals surface area contributed by atoms with E-state index in [-0.39, 0.29) is 41.0 Å². The molecular formula is C24H26BrN3O4S. The van der Waals surface area contributed by atoms with Crippen LogP contribution in [0.3, 0.4) is 0 Å². The zero-order chi connectivity index (χ0) is 23.3. The minimum atomic E-state index is -0.710. The van der Waals surface area contributed by atoms with Gasteiger partial charge in [-0.3, -0.25) is 14.4 Å². The Morgan fingerprint density at radius 1 is 1.21 bits per heavy atom. The molecule has 3 aliphatic rings. The number of nitrogens with zero attached hydrogens (tertiary/aromatic N) is 1. The molecule has 3 fully saturated rings.